The molecule has 2 aromatic rings. The van der Waals surface area contributed by atoms with Crippen LogP contribution in [0.2, 0.25) is 0 Å². The molecule has 1 heterocycles. The third kappa shape index (κ3) is 4.35. The van der Waals surface area contributed by atoms with E-state index in [9.17, 15) is 18.7 Å². The number of nitrogens with one attached hydrogen (secondary N) is 1. The molecule has 22 heavy (non-hydrogen) atoms. The van der Waals surface area contributed by atoms with E-state index in [0.717, 1.165) is 17.7 Å². The number of benzene rings is 1. The van der Waals surface area contributed by atoms with Crippen LogP contribution in [0.4, 0.5) is 8.78 Å². The van der Waals surface area contributed by atoms with Gasteiger partial charge in [-0.2, -0.15) is 11.3 Å². The lowest BCUT2D eigenvalue weighted by Crippen LogP contribution is -2.38. The minimum absolute atomic E-state index is 0.0976. The number of aliphatic hydroxyl groups is 1. The van der Waals surface area contributed by atoms with E-state index in [1.807, 2.05) is 10.8 Å². The third-order valence-corrected chi connectivity index (χ3v) is 4.08. The van der Waals surface area contributed by atoms with Crippen LogP contribution in [-0.4, -0.2) is 17.6 Å². The number of carbonyl (C=O) groups excluding carboxylic acids is 1. The minimum Gasteiger partial charge on any atom is -0.384 e. The summed E-state index contributed by atoms with van der Waals surface area (Å²) in [5, 5.41) is 16.6. The van der Waals surface area contributed by atoms with E-state index in [-0.39, 0.29) is 18.9 Å². The maximum absolute atomic E-state index is 13.1. The highest BCUT2D eigenvalue weighted by molar-refractivity contribution is 7.08. The van der Waals surface area contributed by atoms with Crippen LogP contribution in [0.3, 0.4) is 0 Å². The fraction of sp³-hybridized carbons (Fsp3) is 0.312. The van der Waals surface area contributed by atoms with Gasteiger partial charge in [-0.05, 0) is 53.4 Å². The Kier molecular flexibility index (Phi) is 5.26. The number of amides is 1. The smallest absolute Gasteiger partial charge is 0.220 e. The Morgan fingerprint density at radius 3 is 2.73 bits per heavy atom. The Morgan fingerprint density at radius 1 is 1.32 bits per heavy atom. The molecule has 0 aliphatic carbocycles. The van der Waals surface area contributed by atoms with Crippen molar-refractivity contribution < 1.29 is 18.7 Å². The summed E-state index contributed by atoms with van der Waals surface area (Å²) in [7, 11) is 0. The number of hydrogen-bond donors (Lipinski definition) is 2. The van der Waals surface area contributed by atoms with Crippen molar-refractivity contribution in [3.05, 3.63) is 57.8 Å². The first-order chi connectivity index (χ1) is 10.4. The number of rotatable bonds is 6. The summed E-state index contributed by atoms with van der Waals surface area (Å²) >= 11 is 1.47. The van der Waals surface area contributed by atoms with Crippen molar-refractivity contribution >= 4 is 17.2 Å². The van der Waals surface area contributed by atoms with Crippen molar-refractivity contribution in [2.24, 2.45) is 0 Å². The number of hydrogen-bond acceptors (Lipinski definition) is 3. The van der Waals surface area contributed by atoms with Crippen LogP contribution in [0.5, 0.6) is 0 Å². The zero-order chi connectivity index (χ0) is 16.2. The van der Waals surface area contributed by atoms with Gasteiger partial charge in [-0.25, -0.2) is 8.78 Å². The van der Waals surface area contributed by atoms with Gasteiger partial charge in [-0.3, -0.25) is 4.79 Å². The number of thiophene rings is 1. The van der Waals surface area contributed by atoms with Gasteiger partial charge in [0.05, 0.1) is 6.54 Å². The zero-order valence-corrected chi connectivity index (χ0v) is 12.9. The maximum atomic E-state index is 13.1. The largest absolute Gasteiger partial charge is 0.384 e. The van der Waals surface area contributed by atoms with Gasteiger partial charge < -0.3 is 10.4 Å². The Hall–Kier alpha value is -1.79. The highest BCUT2D eigenvalue weighted by atomic mass is 32.1. The van der Waals surface area contributed by atoms with Crippen molar-refractivity contribution in [3.8, 4) is 0 Å². The maximum Gasteiger partial charge on any atom is 0.220 e. The lowest BCUT2D eigenvalue weighted by Gasteiger charge is -2.22. The van der Waals surface area contributed by atoms with Crippen molar-refractivity contribution in [3.63, 3.8) is 0 Å². The highest BCUT2D eigenvalue weighted by Gasteiger charge is 2.24. The van der Waals surface area contributed by atoms with E-state index in [1.165, 1.54) is 17.4 Å². The first-order valence-corrected chi connectivity index (χ1v) is 7.78. The Bertz CT molecular complexity index is 642. The number of carbonyl (C=O) groups is 1. The van der Waals surface area contributed by atoms with E-state index in [2.05, 4.69) is 5.32 Å². The van der Waals surface area contributed by atoms with E-state index in [4.69, 9.17) is 0 Å². The van der Waals surface area contributed by atoms with E-state index < -0.39 is 17.2 Å². The second kappa shape index (κ2) is 6.98. The number of halogens is 2. The molecular formula is C16H17F2NO2S. The van der Waals surface area contributed by atoms with Crippen molar-refractivity contribution in [1.29, 1.82) is 0 Å². The zero-order valence-electron chi connectivity index (χ0n) is 12.1. The van der Waals surface area contributed by atoms with E-state index in [1.54, 1.807) is 13.0 Å². The van der Waals surface area contributed by atoms with Crippen LogP contribution in [0.1, 0.15) is 24.5 Å². The molecule has 0 radical (unpaired) electrons. The third-order valence-electron chi connectivity index (χ3n) is 3.40. The van der Waals surface area contributed by atoms with Gasteiger partial charge in [0.1, 0.15) is 5.60 Å². The minimum atomic E-state index is -1.13. The molecule has 0 aliphatic rings. The van der Waals surface area contributed by atoms with Crippen LogP contribution >= 0.6 is 11.3 Å². The summed E-state index contributed by atoms with van der Waals surface area (Å²) in [5.74, 6) is -2.07. The van der Waals surface area contributed by atoms with Crippen LogP contribution in [0.25, 0.3) is 0 Å². The molecule has 1 aromatic carbocycles. The summed E-state index contributed by atoms with van der Waals surface area (Å²) in [6, 6.07) is 5.39. The molecule has 2 rings (SSSR count). The predicted octanol–water partition coefficient (Wildman–Crippen LogP) is 2.98. The average Bonchev–Trinajstić information content (AvgIpc) is 3.01. The van der Waals surface area contributed by atoms with Gasteiger partial charge in [-0.15, -0.1) is 0 Å². The molecule has 1 unspecified atom stereocenters. The molecule has 0 fully saturated rings. The van der Waals surface area contributed by atoms with Crippen LogP contribution in [0, 0.1) is 11.6 Å². The normalized spacial score (nSPS) is 13.6. The average molecular weight is 325 g/mol. The SMILES string of the molecule is CC(O)(CNC(=O)CCc1ccc(F)c(F)c1)c1ccsc1. The first-order valence-electron chi connectivity index (χ1n) is 6.84. The molecule has 2 N–H and O–H groups in total. The second-order valence-corrected chi connectivity index (χ2v) is 6.09. The van der Waals surface area contributed by atoms with Crippen molar-refractivity contribution in [2.45, 2.75) is 25.4 Å². The molecule has 1 aromatic heterocycles. The van der Waals surface area contributed by atoms with Gasteiger partial charge in [-0.1, -0.05) is 6.07 Å². The van der Waals surface area contributed by atoms with Gasteiger partial charge in [0, 0.05) is 6.42 Å². The summed E-state index contributed by atoms with van der Waals surface area (Å²) in [4.78, 5) is 11.8. The lowest BCUT2D eigenvalue weighted by atomic mass is 9.99. The van der Waals surface area contributed by atoms with Crippen LogP contribution in [0.15, 0.2) is 35.0 Å². The molecule has 0 saturated heterocycles. The first kappa shape index (κ1) is 16.6. The highest BCUT2D eigenvalue weighted by Crippen LogP contribution is 2.22. The van der Waals surface area contributed by atoms with Gasteiger partial charge >= 0.3 is 0 Å². The molecule has 0 aliphatic heterocycles. The molecule has 118 valence electrons. The van der Waals surface area contributed by atoms with Crippen molar-refractivity contribution in [1.82, 2.24) is 5.32 Å². The molecule has 1 atom stereocenters. The van der Waals surface area contributed by atoms with Gasteiger partial charge in [0.25, 0.3) is 0 Å². The standard InChI is InChI=1S/C16H17F2NO2S/c1-16(21,12-6-7-22-9-12)10-19-15(20)5-3-11-2-4-13(17)14(18)8-11/h2,4,6-9,21H,3,5,10H2,1H3,(H,19,20). The summed E-state index contributed by atoms with van der Waals surface area (Å²) < 4.78 is 25.9. The molecule has 1 amide bonds. The Balaban J connectivity index is 1.82. The molecular weight excluding hydrogens is 308 g/mol. The molecule has 3 nitrogen and oxygen atoms in total. The Morgan fingerprint density at radius 2 is 2.09 bits per heavy atom. The fourth-order valence-corrected chi connectivity index (χ4v) is 2.77. The van der Waals surface area contributed by atoms with Gasteiger partial charge in [0.2, 0.25) is 5.91 Å². The molecule has 6 heteroatoms. The summed E-state index contributed by atoms with van der Waals surface area (Å²) in [6.07, 6.45) is 0.453. The quantitative estimate of drug-likeness (QED) is 0.858. The summed E-state index contributed by atoms with van der Waals surface area (Å²) in [6.45, 7) is 1.73. The summed E-state index contributed by atoms with van der Waals surface area (Å²) in [5.41, 5.74) is 0.175. The van der Waals surface area contributed by atoms with E-state index >= 15 is 0 Å². The monoisotopic (exact) mass is 325 g/mol. The van der Waals surface area contributed by atoms with Gasteiger partial charge in [0.15, 0.2) is 11.6 Å². The van der Waals surface area contributed by atoms with E-state index in [0.29, 0.717) is 12.0 Å². The fourth-order valence-electron chi connectivity index (χ4n) is 1.99. The molecule has 0 bridgehead atoms. The van der Waals surface area contributed by atoms with Crippen LogP contribution < -0.4 is 5.32 Å². The Labute approximate surface area is 131 Å². The number of aryl methyl sites for hydroxylation is 1. The van der Waals surface area contributed by atoms with Crippen molar-refractivity contribution in [2.75, 3.05) is 6.54 Å². The molecule has 0 spiro atoms. The molecule has 0 saturated carbocycles. The second-order valence-electron chi connectivity index (χ2n) is 5.31. The van der Waals surface area contributed by atoms with Crippen LogP contribution in [-0.2, 0) is 16.8 Å². The predicted molar refractivity (Wildman–Crippen MR) is 81.6 cm³/mol. The topological polar surface area (TPSA) is 49.3 Å². The lowest BCUT2D eigenvalue weighted by molar-refractivity contribution is -0.122.